The molecule has 38 heavy (non-hydrogen) atoms. The average molecular weight is 527 g/mol. The van der Waals surface area contributed by atoms with E-state index in [1.54, 1.807) is 12.1 Å². The highest BCUT2D eigenvalue weighted by Crippen LogP contribution is 2.39. The number of aryl methyl sites for hydroxylation is 2. The summed E-state index contributed by atoms with van der Waals surface area (Å²) in [6, 6.07) is 7.03. The van der Waals surface area contributed by atoms with Crippen molar-refractivity contribution < 1.29 is 14.3 Å². The Labute approximate surface area is 228 Å². The molecule has 0 radical (unpaired) electrons. The number of likely N-dealkylation sites (tertiary alicyclic amines) is 2. The summed E-state index contributed by atoms with van der Waals surface area (Å²) in [6.45, 7) is 16.7. The number of carboxylic acid groups (broad SMARTS) is 1. The van der Waals surface area contributed by atoms with Gasteiger partial charge in [-0.15, -0.1) is 0 Å². The van der Waals surface area contributed by atoms with Gasteiger partial charge in [-0.3, -0.25) is 9.48 Å². The molecular formula is C31H47FN4O2. The third-order valence-corrected chi connectivity index (χ3v) is 9.58. The van der Waals surface area contributed by atoms with Crippen LogP contribution in [0.3, 0.4) is 0 Å². The Morgan fingerprint density at radius 3 is 2.39 bits per heavy atom. The minimum absolute atomic E-state index is 0.197. The van der Waals surface area contributed by atoms with Crippen molar-refractivity contribution in [1.29, 1.82) is 0 Å². The topological polar surface area (TPSA) is 61.6 Å². The molecule has 2 unspecified atom stereocenters. The van der Waals surface area contributed by atoms with Crippen molar-refractivity contribution in [2.24, 2.45) is 11.3 Å². The van der Waals surface area contributed by atoms with Crippen LogP contribution in [-0.4, -0.2) is 69.9 Å². The van der Waals surface area contributed by atoms with Gasteiger partial charge in [0.1, 0.15) is 5.82 Å². The van der Waals surface area contributed by atoms with E-state index >= 15 is 0 Å². The molecule has 2 aliphatic heterocycles. The van der Waals surface area contributed by atoms with Gasteiger partial charge in [-0.25, -0.2) is 4.39 Å². The second-order valence-corrected chi connectivity index (χ2v) is 11.6. The number of halogens is 1. The van der Waals surface area contributed by atoms with Gasteiger partial charge in [0.05, 0.1) is 11.1 Å². The van der Waals surface area contributed by atoms with Crippen molar-refractivity contribution in [2.75, 3.05) is 39.3 Å². The van der Waals surface area contributed by atoms with Crippen molar-refractivity contribution in [2.45, 2.75) is 85.1 Å². The number of benzene rings is 1. The molecule has 1 N–H and O–H groups in total. The van der Waals surface area contributed by atoms with Crippen LogP contribution in [-0.2, 0) is 17.8 Å². The van der Waals surface area contributed by atoms with E-state index in [0.717, 1.165) is 64.1 Å². The van der Waals surface area contributed by atoms with Gasteiger partial charge < -0.3 is 14.9 Å². The molecule has 7 heteroatoms. The van der Waals surface area contributed by atoms with Gasteiger partial charge in [0, 0.05) is 44.3 Å². The van der Waals surface area contributed by atoms with E-state index < -0.39 is 11.4 Å². The summed E-state index contributed by atoms with van der Waals surface area (Å²) in [5, 5.41) is 14.9. The molecule has 0 spiro atoms. The number of aliphatic carboxylic acids is 1. The van der Waals surface area contributed by atoms with Gasteiger partial charge in [-0.1, -0.05) is 32.9 Å². The van der Waals surface area contributed by atoms with E-state index in [0.29, 0.717) is 31.2 Å². The Morgan fingerprint density at radius 1 is 1.11 bits per heavy atom. The Balaban J connectivity index is 1.47. The molecule has 4 rings (SSSR count). The number of nitrogens with zero attached hydrogens (tertiary/aromatic N) is 4. The van der Waals surface area contributed by atoms with Crippen LogP contribution < -0.4 is 0 Å². The molecule has 0 bridgehead atoms. The molecule has 2 fully saturated rings. The first kappa shape index (κ1) is 28.8. The smallest absolute Gasteiger partial charge is 0.310 e. The molecule has 210 valence electrons. The zero-order valence-corrected chi connectivity index (χ0v) is 24.0. The van der Waals surface area contributed by atoms with Crippen molar-refractivity contribution in [1.82, 2.24) is 19.6 Å². The second-order valence-electron chi connectivity index (χ2n) is 11.6. The van der Waals surface area contributed by atoms with Gasteiger partial charge in [-0.2, -0.15) is 5.10 Å². The number of aromatic nitrogens is 2. The van der Waals surface area contributed by atoms with Gasteiger partial charge in [0.25, 0.3) is 0 Å². The molecule has 0 saturated carbocycles. The van der Waals surface area contributed by atoms with Crippen LogP contribution in [0.2, 0.25) is 0 Å². The summed E-state index contributed by atoms with van der Waals surface area (Å²) < 4.78 is 16.4. The zero-order chi connectivity index (χ0) is 27.4. The van der Waals surface area contributed by atoms with E-state index in [9.17, 15) is 14.3 Å². The Kier molecular flexibility index (Phi) is 9.30. The van der Waals surface area contributed by atoms with E-state index in [-0.39, 0.29) is 11.7 Å². The fraction of sp³-hybridized carbons (Fsp3) is 0.677. The van der Waals surface area contributed by atoms with E-state index in [4.69, 9.17) is 5.10 Å². The first-order chi connectivity index (χ1) is 18.2. The third-order valence-electron chi connectivity index (χ3n) is 9.58. The predicted octanol–water partition coefficient (Wildman–Crippen LogP) is 5.70. The molecule has 1 aromatic heterocycles. The van der Waals surface area contributed by atoms with Crippen molar-refractivity contribution in [3.05, 3.63) is 52.6 Å². The van der Waals surface area contributed by atoms with Crippen LogP contribution >= 0.6 is 0 Å². The predicted molar refractivity (Wildman–Crippen MR) is 150 cm³/mol. The Morgan fingerprint density at radius 2 is 1.82 bits per heavy atom. The largest absolute Gasteiger partial charge is 0.481 e. The molecule has 2 saturated heterocycles. The molecule has 2 atom stereocenters. The maximum atomic E-state index is 14.2. The first-order valence-corrected chi connectivity index (χ1v) is 14.7. The lowest BCUT2D eigenvalue weighted by Crippen LogP contribution is -2.42. The van der Waals surface area contributed by atoms with Crippen LogP contribution in [0.25, 0.3) is 0 Å². The van der Waals surface area contributed by atoms with Crippen LogP contribution in [0.1, 0.15) is 87.7 Å². The molecule has 1 aromatic carbocycles. The number of hydrogen-bond donors (Lipinski definition) is 1. The third kappa shape index (κ3) is 5.84. The maximum Gasteiger partial charge on any atom is 0.310 e. The van der Waals surface area contributed by atoms with Crippen LogP contribution in [0.15, 0.2) is 24.3 Å². The summed E-state index contributed by atoms with van der Waals surface area (Å²) in [4.78, 5) is 17.1. The quantitative estimate of drug-likeness (QED) is 0.407. The van der Waals surface area contributed by atoms with Gasteiger partial charge in [-0.05, 0) is 94.1 Å². The Hall–Kier alpha value is -2.25. The molecule has 2 aliphatic rings. The molecule has 6 nitrogen and oxygen atoms in total. The normalized spacial score (nSPS) is 21.8. The minimum Gasteiger partial charge on any atom is -0.481 e. The van der Waals surface area contributed by atoms with Gasteiger partial charge in [0.15, 0.2) is 0 Å². The maximum absolute atomic E-state index is 14.2. The highest BCUT2D eigenvalue weighted by Gasteiger charge is 2.42. The van der Waals surface area contributed by atoms with E-state index in [1.807, 2.05) is 19.9 Å². The molecule has 0 aliphatic carbocycles. The van der Waals surface area contributed by atoms with Crippen LogP contribution in [0, 0.1) is 24.1 Å². The SMILES string of the molecule is CCc1nn(CC)c(C)c1C1CCN(CC2CN(CC(CC)(CC)C(=O)O)CC2c2cccc(F)c2)CC1. The van der Waals surface area contributed by atoms with Crippen molar-refractivity contribution >= 4 is 5.97 Å². The highest BCUT2D eigenvalue weighted by molar-refractivity contribution is 5.74. The molecular weight excluding hydrogens is 479 g/mol. The van der Waals surface area contributed by atoms with Gasteiger partial charge in [0.2, 0.25) is 0 Å². The molecule has 0 amide bonds. The minimum atomic E-state index is -0.725. The Bertz CT molecular complexity index is 1090. The lowest BCUT2D eigenvalue weighted by Gasteiger charge is -2.35. The first-order valence-electron chi connectivity index (χ1n) is 14.7. The van der Waals surface area contributed by atoms with Crippen molar-refractivity contribution in [3.63, 3.8) is 0 Å². The summed E-state index contributed by atoms with van der Waals surface area (Å²) in [5.74, 6) is 0.219. The van der Waals surface area contributed by atoms with E-state index in [2.05, 4.69) is 35.3 Å². The number of piperidine rings is 1. The lowest BCUT2D eigenvalue weighted by atomic mass is 9.82. The average Bonchev–Trinajstić information content (AvgIpc) is 3.47. The molecule has 2 aromatic rings. The fourth-order valence-electron chi connectivity index (χ4n) is 7.12. The lowest BCUT2D eigenvalue weighted by molar-refractivity contribution is -0.150. The summed E-state index contributed by atoms with van der Waals surface area (Å²) in [5.41, 5.74) is 4.37. The van der Waals surface area contributed by atoms with Crippen molar-refractivity contribution in [3.8, 4) is 0 Å². The second kappa shape index (κ2) is 12.3. The standard InChI is InChI=1S/C31H47FN4O2/c1-6-28-29(22(5)36(9-4)33-28)23-13-15-34(16-14-23)18-25-19-35(21-31(7-2,8-3)30(37)38)20-27(25)24-11-10-12-26(32)17-24/h10-12,17,23,25,27H,6-9,13-16,18-21H2,1-5H3,(H,37,38). The summed E-state index contributed by atoms with van der Waals surface area (Å²) >= 11 is 0. The molecule has 3 heterocycles. The number of hydrogen-bond acceptors (Lipinski definition) is 4. The highest BCUT2D eigenvalue weighted by atomic mass is 19.1. The van der Waals surface area contributed by atoms with E-state index in [1.165, 1.54) is 23.0 Å². The fourth-order valence-corrected chi connectivity index (χ4v) is 7.12. The number of rotatable bonds is 11. The zero-order valence-electron chi connectivity index (χ0n) is 24.0. The van der Waals surface area contributed by atoms with Gasteiger partial charge >= 0.3 is 5.97 Å². The summed E-state index contributed by atoms with van der Waals surface area (Å²) in [6.07, 6.45) is 4.48. The van der Waals surface area contributed by atoms with Crippen LogP contribution in [0.5, 0.6) is 0 Å². The number of carboxylic acids is 1. The monoisotopic (exact) mass is 526 g/mol. The van der Waals surface area contributed by atoms with Crippen LogP contribution in [0.4, 0.5) is 4.39 Å². The number of carbonyl (C=O) groups is 1. The summed E-state index contributed by atoms with van der Waals surface area (Å²) in [7, 11) is 0.